The first-order valence-electron chi connectivity index (χ1n) is 18.5. The average molecular weight is 692 g/mol. The maximum absolute atomic E-state index is 2.67. The number of para-hydroxylation sites is 1. The summed E-state index contributed by atoms with van der Waals surface area (Å²) in [6.07, 6.45) is 0.940. The Balaban J connectivity index is 1.22. The van der Waals surface area contributed by atoms with Crippen LogP contribution < -0.4 is 20.7 Å². The van der Waals surface area contributed by atoms with Gasteiger partial charge in [-0.3, -0.25) is 0 Å². The van der Waals surface area contributed by atoms with Crippen molar-refractivity contribution in [2.45, 2.75) is 6.42 Å². The number of hydrogen-bond donors (Lipinski definition) is 0. The molecule has 2 heteroatoms. The fourth-order valence-electron chi connectivity index (χ4n) is 8.87. The van der Waals surface area contributed by atoms with Gasteiger partial charge in [0.25, 0.3) is 0 Å². The Morgan fingerprint density at radius 1 is 0.377 bits per heavy atom. The van der Waals surface area contributed by atoms with E-state index in [-0.39, 0.29) is 0 Å². The Bertz CT molecular complexity index is 2620. The molecule has 1 nitrogen and oxygen atoms in total. The Morgan fingerprint density at radius 2 is 0.849 bits per heavy atom. The molecular weight excluding hydrogens is 655 g/mol. The van der Waals surface area contributed by atoms with E-state index in [0.29, 0.717) is 0 Å². The first kappa shape index (κ1) is 31.3. The van der Waals surface area contributed by atoms with E-state index in [9.17, 15) is 0 Å². The van der Waals surface area contributed by atoms with Gasteiger partial charge in [-0.15, -0.1) is 0 Å². The minimum atomic E-state index is -2.67. The second-order valence-electron chi connectivity index (χ2n) is 14.0. The lowest BCUT2D eigenvalue weighted by Gasteiger charge is -2.34. The Morgan fingerprint density at radius 3 is 1.43 bits per heavy atom. The smallest absolute Gasteiger partial charge is 0.179 e. The van der Waals surface area contributed by atoms with E-state index >= 15 is 0 Å². The first-order valence-corrected chi connectivity index (χ1v) is 20.5. The van der Waals surface area contributed by atoms with Crippen LogP contribution in [0.1, 0.15) is 11.1 Å². The highest BCUT2D eigenvalue weighted by atomic mass is 28.3. The zero-order chi connectivity index (χ0) is 35.2. The van der Waals surface area contributed by atoms with Crippen LogP contribution in [0.4, 0.5) is 0 Å². The summed E-state index contributed by atoms with van der Waals surface area (Å²) in [6.45, 7) is 0. The molecule has 10 rings (SSSR count). The number of rotatable bonds is 7. The summed E-state index contributed by atoms with van der Waals surface area (Å²) in [5, 5.41) is 6.84. The molecule has 53 heavy (non-hydrogen) atoms. The lowest BCUT2D eigenvalue weighted by molar-refractivity contribution is 1.13. The second-order valence-corrected chi connectivity index (χ2v) is 17.9. The van der Waals surface area contributed by atoms with Crippen LogP contribution in [0.2, 0.25) is 0 Å². The highest BCUT2D eigenvalue weighted by molar-refractivity contribution is 7.19. The van der Waals surface area contributed by atoms with Crippen molar-refractivity contribution in [1.29, 1.82) is 0 Å². The van der Waals surface area contributed by atoms with E-state index in [4.69, 9.17) is 0 Å². The van der Waals surface area contributed by atoms with Crippen LogP contribution in [0, 0.1) is 0 Å². The third-order valence-electron chi connectivity index (χ3n) is 11.2. The van der Waals surface area contributed by atoms with Crippen LogP contribution in [0.25, 0.3) is 50.1 Å². The molecule has 0 saturated heterocycles. The van der Waals surface area contributed by atoms with Crippen LogP contribution in [0.3, 0.4) is 0 Å². The second kappa shape index (κ2) is 12.9. The molecule has 1 aromatic heterocycles. The molecule has 8 aromatic carbocycles. The Labute approximate surface area is 312 Å². The van der Waals surface area contributed by atoms with Crippen molar-refractivity contribution >= 4 is 39.7 Å². The van der Waals surface area contributed by atoms with Crippen molar-refractivity contribution in [3.05, 3.63) is 223 Å². The van der Waals surface area contributed by atoms with Crippen molar-refractivity contribution in [1.82, 2.24) is 4.57 Å². The van der Waals surface area contributed by atoms with Crippen LogP contribution >= 0.6 is 0 Å². The van der Waals surface area contributed by atoms with Gasteiger partial charge >= 0.3 is 0 Å². The SMILES string of the molecule is c1ccc(-c2c(-c3ccccc3)n(-c3ccc4c(c3)-c3cc([Si](c5ccccc5)(c5ccccc5)c5ccccc5)ccc3C4)c3ccccc23)cc1. The molecule has 0 saturated carbocycles. The van der Waals surface area contributed by atoms with Gasteiger partial charge in [0.1, 0.15) is 0 Å². The number of aromatic nitrogens is 1. The zero-order valence-electron chi connectivity index (χ0n) is 29.4. The zero-order valence-corrected chi connectivity index (χ0v) is 30.4. The van der Waals surface area contributed by atoms with Crippen LogP contribution in [0.15, 0.2) is 212 Å². The lowest BCUT2D eigenvalue weighted by Crippen LogP contribution is -2.74. The monoisotopic (exact) mass is 691 g/mol. The maximum atomic E-state index is 2.55. The van der Waals surface area contributed by atoms with Crippen molar-refractivity contribution in [3.8, 4) is 39.2 Å². The topological polar surface area (TPSA) is 4.93 Å². The summed E-state index contributed by atoms with van der Waals surface area (Å²) < 4.78 is 2.49. The van der Waals surface area contributed by atoms with Crippen LogP contribution in [-0.2, 0) is 6.42 Å². The summed E-state index contributed by atoms with van der Waals surface area (Å²) >= 11 is 0. The van der Waals surface area contributed by atoms with Crippen molar-refractivity contribution in [2.24, 2.45) is 0 Å². The highest BCUT2D eigenvalue weighted by Crippen LogP contribution is 2.44. The maximum Gasteiger partial charge on any atom is 0.179 e. The van der Waals surface area contributed by atoms with Crippen molar-refractivity contribution in [3.63, 3.8) is 0 Å². The van der Waals surface area contributed by atoms with E-state index in [1.807, 2.05) is 0 Å². The van der Waals surface area contributed by atoms with Gasteiger partial charge < -0.3 is 4.57 Å². The first-order chi connectivity index (χ1) is 26.3. The van der Waals surface area contributed by atoms with E-state index in [1.54, 1.807) is 0 Å². The average Bonchev–Trinajstić information content (AvgIpc) is 3.78. The molecule has 1 aliphatic carbocycles. The van der Waals surface area contributed by atoms with Gasteiger partial charge in [0, 0.05) is 16.6 Å². The number of nitrogens with zero attached hydrogens (tertiary/aromatic N) is 1. The summed E-state index contributed by atoms with van der Waals surface area (Å²) in [5.41, 5.74) is 12.7. The minimum Gasteiger partial charge on any atom is -0.309 e. The van der Waals surface area contributed by atoms with E-state index < -0.39 is 8.07 Å². The van der Waals surface area contributed by atoms with E-state index in [0.717, 1.165) is 6.42 Å². The molecule has 0 unspecified atom stereocenters. The summed E-state index contributed by atoms with van der Waals surface area (Å²) in [5.74, 6) is 0. The van der Waals surface area contributed by atoms with Crippen molar-refractivity contribution < 1.29 is 0 Å². The molecule has 1 aliphatic rings. The molecule has 0 atom stereocenters. The predicted molar refractivity (Wildman–Crippen MR) is 226 cm³/mol. The molecule has 0 N–H and O–H groups in total. The summed E-state index contributed by atoms with van der Waals surface area (Å²) in [4.78, 5) is 0. The molecule has 1 heterocycles. The van der Waals surface area contributed by atoms with Gasteiger partial charge in [-0.1, -0.05) is 194 Å². The van der Waals surface area contributed by atoms with Crippen molar-refractivity contribution in [2.75, 3.05) is 0 Å². The Kier molecular flexibility index (Phi) is 7.63. The normalized spacial score (nSPS) is 12.1. The minimum absolute atomic E-state index is 0.940. The van der Waals surface area contributed by atoms with E-state index in [2.05, 4.69) is 217 Å². The van der Waals surface area contributed by atoms with Gasteiger partial charge in [-0.05, 0) is 78.7 Å². The molecule has 0 amide bonds. The molecule has 0 fully saturated rings. The third kappa shape index (κ3) is 5.06. The fraction of sp³-hybridized carbons (Fsp3) is 0.0196. The highest BCUT2D eigenvalue weighted by Gasteiger charge is 2.42. The lowest BCUT2D eigenvalue weighted by atomic mass is 9.98. The molecule has 0 bridgehead atoms. The van der Waals surface area contributed by atoms with Crippen LogP contribution in [-0.4, -0.2) is 12.6 Å². The third-order valence-corrected chi connectivity index (χ3v) is 15.9. The standard InChI is InChI=1S/C51H37NSi/c1-6-18-37(19-7-1)50-46-28-16-17-29-49(46)52(51(50)38-20-8-2-9-21-38)41-32-30-39-34-40-31-33-45(36-48(40)47(39)35-41)53(42-22-10-3-11-23-42,43-24-12-4-13-25-43)44-26-14-5-15-27-44/h1-33,35-36H,34H2. The number of benzene rings is 8. The van der Waals surface area contributed by atoms with Crippen LogP contribution in [0.5, 0.6) is 0 Å². The molecule has 250 valence electrons. The summed E-state index contributed by atoms with van der Waals surface area (Å²) in [6, 6.07) is 78.9. The largest absolute Gasteiger partial charge is 0.309 e. The molecule has 9 aromatic rings. The Hall–Kier alpha value is -6.48. The van der Waals surface area contributed by atoms with E-state index in [1.165, 1.54) is 82.0 Å². The van der Waals surface area contributed by atoms with Gasteiger partial charge in [-0.2, -0.15) is 0 Å². The van der Waals surface area contributed by atoms with Gasteiger partial charge in [0.2, 0.25) is 0 Å². The number of fused-ring (bicyclic) bond motifs is 4. The quantitative estimate of drug-likeness (QED) is 0.116. The molecule has 0 spiro atoms. The predicted octanol–water partition coefficient (Wildman–Crippen LogP) is 9.91. The van der Waals surface area contributed by atoms with Gasteiger partial charge in [0.15, 0.2) is 8.07 Å². The fourth-order valence-corrected chi connectivity index (χ4v) is 13.6. The summed E-state index contributed by atoms with van der Waals surface area (Å²) in [7, 11) is -2.67. The van der Waals surface area contributed by atoms with Gasteiger partial charge in [-0.25, -0.2) is 0 Å². The number of hydrogen-bond acceptors (Lipinski definition) is 0. The van der Waals surface area contributed by atoms with Gasteiger partial charge in [0.05, 0.1) is 11.2 Å². The molecule has 0 radical (unpaired) electrons. The molecule has 0 aliphatic heterocycles. The molecular formula is C51H37NSi.